The number of hydrogen-bond acceptors (Lipinski definition) is 3. The van der Waals surface area contributed by atoms with Crippen molar-refractivity contribution in [2.24, 2.45) is 0 Å². The number of amides is 1. The second kappa shape index (κ2) is 26.2. The topological polar surface area (TPSA) is 69.6 Å². The first-order valence-corrected chi connectivity index (χ1v) is 14.2. The Bertz CT molecular complexity index is 527. The lowest BCUT2D eigenvalue weighted by Gasteiger charge is -2.19. The quantitative estimate of drug-likeness (QED) is 0.0992. The standard InChI is InChI=1S/C30H55NO3/c1-3-5-7-9-11-13-15-16-18-20-22-24-26-30(34)31-28(27-32)29(33)25-23-21-19-17-14-12-10-8-6-4-2/h11,13-14,17,23,25,28-29,32-33H,3-10,12,15-16,18-22,24,26-27H2,1-2H3,(H,31,34)/b13-11-,17-14+,25-23+. The molecular weight excluding hydrogens is 422 g/mol. The van der Waals surface area contributed by atoms with Crippen molar-refractivity contribution in [2.75, 3.05) is 6.61 Å². The van der Waals surface area contributed by atoms with Crippen molar-refractivity contribution in [1.82, 2.24) is 5.32 Å². The van der Waals surface area contributed by atoms with Crippen LogP contribution in [-0.4, -0.2) is 34.9 Å². The third-order valence-corrected chi connectivity index (χ3v) is 6.10. The maximum Gasteiger partial charge on any atom is 0.220 e. The summed E-state index contributed by atoms with van der Waals surface area (Å²) in [6, 6.07) is -0.637. The molecule has 34 heavy (non-hydrogen) atoms. The van der Waals surface area contributed by atoms with E-state index < -0.39 is 12.1 Å². The molecule has 0 aliphatic rings. The van der Waals surface area contributed by atoms with Crippen molar-refractivity contribution >= 4 is 5.91 Å². The summed E-state index contributed by atoms with van der Waals surface area (Å²) in [5, 5.41) is 22.6. The van der Waals surface area contributed by atoms with Gasteiger partial charge in [-0.05, 0) is 57.8 Å². The zero-order chi connectivity index (χ0) is 25.1. The summed E-state index contributed by atoms with van der Waals surface area (Å²) in [7, 11) is 0. The summed E-state index contributed by atoms with van der Waals surface area (Å²) >= 11 is 0. The Morgan fingerprint density at radius 3 is 1.76 bits per heavy atom. The van der Waals surface area contributed by atoms with Crippen LogP contribution in [0.2, 0.25) is 0 Å². The molecule has 0 saturated carbocycles. The summed E-state index contributed by atoms with van der Waals surface area (Å²) in [4.78, 5) is 12.2. The molecule has 1 amide bonds. The SMILES string of the molecule is CCCCC/C=C\CCCCCCCC(=O)NC(CO)C(O)/C=C/CC/C=C/CCCCCC. The average molecular weight is 478 g/mol. The maximum absolute atomic E-state index is 12.2. The predicted octanol–water partition coefficient (Wildman–Crippen LogP) is 7.55. The Hall–Kier alpha value is -1.39. The van der Waals surface area contributed by atoms with Gasteiger partial charge in [-0.2, -0.15) is 0 Å². The van der Waals surface area contributed by atoms with Gasteiger partial charge >= 0.3 is 0 Å². The van der Waals surface area contributed by atoms with Crippen LogP contribution in [-0.2, 0) is 4.79 Å². The van der Waals surface area contributed by atoms with Gasteiger partial charge in [0.25, 0.3) is 0 Å². The highest BCUT2D eigenvalue weighted by Crippen LogP contribution is 2.09. The van der Waals surface area contributed by atoms with E-state index in [9.17, 15) is 15.0 Å². The van der Waals surface area contributed by atoms with Crippen LogP contribution in [0.25, 0.3) is 0 Å². The van der Waals surface area contributed by atoms with Crippen molar-refractivity contribution in [3.05, 3.63) is 36.5 Å². The number of allylic oxidation sites excluding steroid dienone is 5. The lowest BCUT2D eigenvalue weighted by molar-refractivity contribution is -0.123. The molecule has 4 heteroatoms. The third-order valence-electron chi connectivity index (χ3n) is 6.10. The Morgan fingerprint density at radius 1 is 0.676 bits per heavy atom. The molecule has 0 bridgehead atoms. The minimum atomic E-state index is -0.859. The number of carbonyl (C=O) groups is 1. The molecule has 3 N–H and O–H groups in total. The largest absolute Gasteiger partial charge is 0.394 e. The first kappa shape index (κ1) is 32.6. The van der Waals surface area contributed by atoms with Gasteiger partial charge in [0.1, 0.15) is 0 Å². The molecule has 0 fully saturated rings. The Labute approximate surface area is 211 Å². The summed E-state index contributed by atoms with van der Waals surface area (Å²) < 4.78 is 0. The van der Waals surface area contributed by atoms with Crippen LogP contribution in [0.15, 0.2) is 36.5 Å². The van der Waals surface area contributed by atoms with Gasteiger partial charge in [-0.1, -0.05) is 102 Å². The molecular formula is C30H55NO3. The van der Waals surface area contributed by atoms with Crippen molar-refractivity contribution in [3.8, 4) is 0 Å². The number of carbonyl (C=O) groups excluding carboxylic acids is 1. The molecule has 0 aliphatic carbocycles. The van der Waals surface area contributed by atoms with Gasteiger partial charge in [-0.3, -0.25) is 4.79 Å². The van der Waals surface area contributed by atoms with E-state index in [0.717, 1.165) is 44.9 Å². The van der Waals surface area contributed by atoms with Crippen LogP contribution in [0.5, 0.6) is 0 Å². The highest BCUT2D eigenvalue weighted by molar-refractivity contribution is 5.76. The van der Waals surface area contributed by atoms with E-state index in [0.29, 0.717) is 6.42 Å². The molecule has 198 valence electrons. The zero-order valence-corrected chi connectivity index (χ0v) is 22.4. The van der Waals surface area contributed by atoms with Gasteiger partial charge in [0.15, 0.2) is 0 Å². The number of unbranched alkanes of at least 4 members (excludes halogenated alkanes) is 13. The fourth-order valence-corrected chi connectivity index (χ4v) is 3.83. The van der Waals surface area contributed by atoms with Crippen molar-refractivity contribution < 1.29 is 15.0 Å². The summed E-state index contributed by atoms with van der Waals surface area (Å²) in [6.07, 6.45) is 32.1. The minimum Gasteiger partial charge on any atom is -0.394 e. The fourth-order valence-electron chi connectivity index (χ4n) is 3.83. The van der Waals surface area contributed by atoms with E-state index in [1.165, 1.54) is 64.2 Å². The molecule has 0 heterocycles. The first-order valence-electron chi connectivity index (χ1n) is 14.2. The Balaban J connectivity index is 3.79. The minimum absolute atomic E-state index is 0.0903. The zero-order valence-electron chi connectivity index (χ0n) is 22.4. The van der Waals surface area contributed by atoms with Crippen LogP contribution in [0, 0.1) is 0 Å². The summed E-state index contributed by atoms with van der Waals surface area (Å²) in [5.41, 5.74) is 0. The fraction of sp³-hybridized carbons (Fsp3) is 0.767. The number of aliphatic hydroxyl groups excluding tert-OH is 2. The summed E-state index contributed by atoms with van der Waals surface area (Å²) in [6.45, 7) is 4.19. The van der Waals surface area contributed by atoms with Crippen molar-refractivity contribution in [2.45, 2.75) is 142 Å². The number of nitrogens with one attached hydrogen (secondary N) is 1. The molecule has 2 atom stereocenters. The highest BCUT2D eigenvalue weighted by atomic mass is 16.3. The third kappa shape index (κ3) is 22.4. The van der Waals surface area contributed by atoms with Crippen LogP contribution >= 0.6 is 0 Å². The normalized spacial score (nSPS) is 13.9. The average Bonchev–Trinajstić information content (AvgIpc) is 2.84. The van der Waals surface area contributed by atoms with E-state index in [2.05, 4.69) is 43.5 Å². The maximum atomic E-state index is 12.2. The molecule has 0 aromatic carbocycles. The van der Waals surface area contributed by atoms with Crippen molar-refractivity contribution in [3.63, 3.8) is 0 Å². The number of aliphatic hydroxyl groups is 2. The summed E-state index contributed by atoms with van der Waals surface area (Å²) in [5.74, 6) is -0.0903. The highest BCUT2D eigenvalue weighted by Gasteiger charge is 2.17. The second-order valence-corrected chi connectivity index (χ2v) is 9.45. The molecule has 0 saturated heterocycles. The number of rotatable bonds is 24. The number of hydrogen-bond donors (Lipinski definition) is 3. The monoisotopic (exact) mass is 477 g/mol. The van der Waals surface area contributed by atoms with Gasteiger partial charge < -0.3 is 15.5 Å². The first-order chi connectivity index (χ1) is 16.7. The molecule has 0 spiro atoms. The van der Waals surface area contributed by atoms with E-state index in [1.54, 1.807) is 6.08 Å². The van der Waals surface area contributed by atoms with Crippen LogP contribution in [0.1, 0.15) is 129 Å². The molecule has 4 nitrogen and oxygen atoms in total. The van der Waals surface area contributed by atoms with E-state index in [-0.39, 0.29) is 12.5 Å². The van der Waals surface area contributed by atoms with Crippen LogP contribution in [0.4, 0.5) is 0 Å². The van der Waals surface area contributed by atoms with E-state index in [1.807, 2.05) is 6.08 Å². The second-order valence-electron chi connectivity index (χ2n) is 9.45. The lowest BCUT2D eigenvalue weighted by atomic mass is 10.1. The molecule has 0 rings (SSSR count). The van der Waals surface area contributed by atoms with E-state index >= 15 is 0 Å². The van der Waals surface area contributed by atoms with E-state index in [4.69, 9.17) is 0 Å². The molecule has 2 unspecified atom stereocenters. The molecule has 0 radical (unpaired) electrons. The lowest BCUT2D eigenvalue weighted by Crippen LogP contribution is -2.45. The van der Waals surface area contributed by atoms with Gasteiger partial charge in [-0.15, -0.1) is 0 Å². The van der Waals surface area contributed by atoms with Crippen molar-refractivity contribution in [1.29, 1.82) is 0 Å². The van der Waals surface area contributed by atoms with Crippen LogP contribution in [0.3, 0.4) is 0 Å². The van der Waals surface area contributed by atoms with Gasteiger partial charge in [0.05, 0.1) is 18.8 Å². The smallest absolute Gasteiger partial charge is 0.220 e. The van der Waals surface area contributed by atoms with Crippen LogP contribution < -0.4 is 5.32 Å². The van der Waals surface area contributed by atoms with Gasteiger partial charge in [-0.25, -0.2) is 0 Å². The Kier molecular flexibility index (Phi) is 25.1. The van der Waals surface area contributed by atoms with Gasteiger partial charge in [0, 0.05) is 6.42 Å². The predicted molar refractivity (Wildman–Crippen MR) is 147 cm³/mol. The molecule has 0 aromatic rings. The molecule has 0 aliphatic heterocycles. The van der Waals surface area contributed by atoms with Gasteiger partial charge in [0.2, 0.25) is 5.91 Å². The Morgan fingerprint density at radius 2 is 1.15 bits per heavy atom. The molecule has 0 aromatic heterocycles.